The Morgan fingerprint density at radius 2 is 1.93 bits per heavy atom. The van der Waals surface area contributed by atoms with Crippen molar-refractivity contribution in [3.8, 4) is 5.75 Å². The van der Waals surface area contributed by atoms with Crippen molar-refractivity contribution in [1.82, 2.24) is 9.99 Å². The fourth-order valence-electron chi connectivity index (χ4n) is 2.25. The fourth-order valence-corrected chi connectivity index (χ4v) is 3.62. The molecule has 0 saturated carbocycles. The second kappa shape index (κ2) is 9.68. The minimum absolute atomic E-state index is 0.171. The number of aromatic nitrogens is 1. The maximum absolute atomic E-state index is 12.2. The van der Waals surface area contributed by atoms with Crippen molar-refractivity contribution in [2.75, 3.05) is 6.61 Å². The van der Waals surface area contributed by atoms with E-state index in [1.807, 2.05) is 42.5 Å². The fraction of sp³-hybridized carbons (Fsp3) is 0.105. The zero-order valence-corrected chi connectivity index (χ0v) is 17.6. The summed E-state index contributed by atoms with van der Waals surface area (Å²) in [6, 6.07) is 16.6. The van der Waals surface area contributed by atoms with E-state index in [1.54, 1.807) is 12.1 Å². The van der Waals surface area contributed by atoms with E-state index in [0.717, 1.165) is 21.4 Å². The van der Waals surface area contributed by atoms with Crippen LogP contribution in [0.2, 0.25) is 5.15 Å². The van der Waals surface area contributed by atoms with E-state index in [-0.39, 0.29) is 16.6 Å². The van der Waals surface area contributed by atoms with Gasteiger partial charge in [0.15, 0.2) is 6.61 Å². The lowest BCUT2D eigenvalue weighted by molar-refractivity contribution is -0.123. The van der Waals surface area contributed by atoms with Gasteiger partial charge in [0.25, 0.3) is 5.91 Å². The summed E-state index contributed by atoms with van der Waals surface area (Å²) in [5, 5.41) is 4.13. The van der Waals surface area contributed by atoms with Crippen molar-refractivity contribution in [1.29, 1.82) is 0 Å². The van der Waals surface area contributed by atoms with Crippen molar-refractivity contribution in [2.24, 2.45) is 5.10 Å². The summed E-state index contributed by atoms with van der Waals surface area (Å²) in [6.07, 6.45) is 1.35. The molecular weight excluding hydrogens is 466 g/mol. The monoisotopic (exact) mass is 479 g/mol. The quantitative estimate of drug-likeness (QED) is 0.412. The van der Waals surface area contributed by atoms with E-state index in [4.69, 9.17) is 16.3 Å². The van der Waals surface area contributed by atoms with Gasteiger partial charge in [0.05, 0.1) is 17.6 Å². The van der Waals surface area contributed by atoms with Crippen LogP contribution in [0.3, 0.4) is 0 Å². The van der Waals surface area contributed by atoms with Crippen LogP contribution in [0.4, 0.5) is 0 Å². The lowest BCUT2D eigenvalue weighted by atomic mass is 10.2. The number of benzene rings is 2. The molecule has 3 aromatic rings. The summed E-state index contributed by atoms with van der Waals surface area (Å²) >= 11 is 10.6. The first-order valence-electron chi connectivity index (χ1n) is 8.16. The maximum Gasteiger partial charge on any atom is 0.309 e. The second-order valence-electron chi connectivity index (χ2n) is 5.63. The molecule has 0 saturated heterocycles. The Kier molecular flexibility index (Phi) is 7.02. The summed E-state index contributed by atoms with van der Waals surface area (Å²) in [5.74, 6) is 0.172. The standard InChI is InChI=1S/C19H15BrClN3O3S/c20-14-8-6-13(7-9-14)11-24-18(21)16(28-19(24)26)10-22-23-17(25)12-27-15-4-2-1-3-5-15/h1-10H,11-12H2,(H,23,25)/b22-10-. The van der Waals surface area contributed by atoms with Gasteiger partial charge in [0.2, 0.25) is 0 Å². The molecule has 2 aromatic carbocycles. The topological polar surface area (TPSA) is 72.7 Å². The van der Waals surface area contributed by atoms with Gasteiger partial charge in [-0.25, -0.2) is 5.43 Å². The lowest BCUT2D eigenvalue weighted by Crippen LogP contribution is -2.24. The third-order valence-electron chi connectivity index (χ3n) is 3.60. The highest BCUT2D eigenvalue weighted by atomic mass is 79.9. The average molecular weight is 481 g/mol. The number of nitrogens with one attached hydrogen (secondary N) is 1. The van der Waals surface area contributed by atoms with Gasteiger partial charge in [-0.15, -0.1) is 0 Å². The minimum Gasteiger partial charge on any atom is -0.484 e. The van der Waals surface area contributed by atoms with E-state index in [1.165, 1.54) is 10.8 Å². The third-order valence-corrected chi connectivity index (χ3v) is 5.56. The highest BCUT2D eigenvalue weighted by Crippen LogP contribution is 2.19. The molecule has 1 aromatic heterocycles. The number of ether oxygens (including phenoxy) is 1. The predicted octanol–water partition coefficient (Wildman–Crippen LogP) is 3.90. The van der Waals surface area contributed by atoms with E-state index in [9.17, 15) is 9.59 Å². The van der Waals surface area contributed by atoms with E-state index in [0.29, 0.717) is 17.2 Å². The molecule has 1 heterocycles. The zero-order valence-electron chi connectivity index (χ0n) is 14.5. The maximum atomic E-state index is 12.2. The Hall–Kier alpha value is -2.42. The number of hydrazone groups is 1. The average Bonchev–Trinajstić information content (AvgIpc) is 2.96. The number of rotatable bonds is 7. The second-order valence-corrected chi connectivity index (χ2v) is 7.90. The number of halogens is 2. The molecule has 0 bridgehead atoms. The number of hydrogen-bond donors (Lipinski definition) is 1. The smallest absolute Gasteiger partial charge is 0.309 e. The number of hydrogen-bond acceptors (Lipinski definition) is 5. The van der Waals surface area contributed by atoms with Crippen molar-refractivity contribution >= 4 is 51.0 Å². The molecular formula is C19H15BrClN3O3S. The summed E-state index contributed by atoms with van der Waals surface area (Å²) in [5.41, 5.74) is 3.29. The van der Waals surface area contributed by atoms with Gasteiger partial charge in [-0.2, -0.15) is 5.10 Å². The highest BCUT2D eigenvalue weighted by Gasteiger charge is 2.12. The molecule has 0 aliphatic rings. The normalized spacial score (nSPS) is 10.9. The number of nitrogens with zero attached hydrogens (tertiary/aromatic N) is 2. The van der Waals surface area contributed by atoms with Gasteiger partial charge in [-0.1, -0.05) is 69.2 Å². The van der Waals surface area contributed by atoms with Crippen LogP contribution >= 0.6 is 38.9 Å². The van der Waals surface area contributed by atoms with Crippen LogP contribution in [0, 0.1) is 0 Å². The van der Waals surface area contributed by atoms with Gasteiger partial charge in [-0.05, 0) is 29.8 Å². The van der Waals surface area contributed by atoms with Crippen LogP contribution in [-0.2, 0) is 11.3 Å². The number of para-hydroxylation sites is 1. The summed E-state index contributed by atoms with van der Waals surface area (Å²) < 4.78 is 7.74. The van der Waals surface area contributed by atoms with E-state index < -0.39 is 5.91 Å². The Morgan fingerprint density at radius 1 is 1.21 bits per heavy atom. The van der Waals surface area contributed by atoms with E-state index >= 15 is 0 Å². The molecule has 0 fully saturated rings. The molecule has 0 spiro atoms. The van der Waals surface area contributed by atoms with Gasteiger partial charge in [0, 0.05) is 4.47 Å². The SMILES string of the molecule is O=C(COc1ccccc1)N/N=C\c1sc(=O)n(Cc2ccc(Br)cc2)c1Cl. The van der Waals surface area contributed by atoms with Gasteiger partial charge < -0.3 is 4.74 Å². The first-order chi connectivity index (χ1) is 13.5. The van der Waals surface area contributed by atoms with Gasteiger partial charge in [0.1, 0.15) is 10.9 Å². The molecule has 1 amide bonds. The molecule has 9 heteroatoms. The van der Waals surface area contributed by atoms with Crippen molar-refractivity contribution in [3.05, 3.63) is 84.3 Å². The van der Waals surface area contributed by atoms with Crippen molar-refractivity contribution < 1.29 is 9.53 Å². The van der Waals surface area contributed by atoms with Crippen molar-refractivity contribution in [3.63, 3.8) is 0 Å². The Morgan fingerprint density at radius 3 is 2.64 bits per heavy atom. The molecule has 0 aliphatic carbocycles. The highest BCUT2D eigenvalue weighted by molar-refractivity contribution is 9.10. The molecule has 28 heavy (non-hydrogen) atoms. The third kappa shape index (κ3) is 5.54. The Bertz CT molecular complexity index is 1030. The number of carbonyl (C=O) groups excluding carboxylic acids is 1. The largest absolute Gasteiger partial charge is 0.484 e. The molecule has 0 aliphatic heterocycles. The molecule has 0 atom stereocenters. The van der Waals surface area contributed by atoms with Crippen LogP contribution in [0.15, 0.2) is 69.0 Å². The van der Waals surface area contributed by atoms with Gasteiger partial charge >= 0.3 is 4.87 Å². The van der Waals surface area contributed by atoms with Crippen LogP contribution in [0.5, 0.6) is 5.75 Å². The minimum atomic E-state index is -0.419. The summed E-state index contributed by atoms with van der Waals surface area (Å²) in [6.45, 7) is 0.183. The molecule has 144 valence electrons. The summed E-state index contributed by atoms with van der Waals surface area (Å²) in [7, 11) is 0. The predicted molar refractivity (Wildman–Crippen MR) is 115 cm³/mol. The van der Waals surface area contributed by atoms with Crippen molar-refractivity contribution in [2.45, 2.75) is 6.54 Å². The Labute approximate surface area is 178 Å². The zero-order chi connectivity index (χ0) is 19.9. The number of carbonyl (C=O) groups is 1. The number of thiazole rings is 1. The Balaban J connectivity index is 1.59. The van der Waals surface area contributed by atoms with Crippen LogP contribution in [0.1, 0.15) is 10.4 Å². The molecule has 0 unspecified atom stereocenters. The molecule has 3 rings (SSSR count). The molecule has 6 nitrogen and oxygen atoms in total. The van der Waals surface area contributed by atoms with Crippen LogP contribution in [-0.4, -0.2) is 23.3 Å². The summed E-state index contributed by atoms with van der Waals surface area (Å²) in [4.78, 5) is 24.3. The van der Waals surface area contributed by atoms with Crippen LogP contribution < -0.4 is 15.0 Å². The molecule has 0 radical (unpaired) electrons. The van der Waals surface area contributed by atoms with Gasteiger partial charge in [-0.3, -0.25) is 14.2 Å². The first-order valence-corrected chi connectivity index (χ1v) is 10.1. The number of amides is 1. The van der Waals surface area contributed by atoms with Crippen LogP contribution in [0.25, 0.3) is 0 Å². The van der Waals surface area contributed by atoms with E-state index in [2.05, 4.69) is 26.5 Å². The lowest BCUT2D eigenvalue weighted by Gasteiger charge is -2.04. The first kappa shape index (κ1) is 20.3. The molecule has 1 N–H and O–H groups in total.